The maximum atomic E-state index is 13.9. The zero-order valence-electron chi connectivity index (χ0n) is 31.6. The van der Waals surface area contributed by atoms with Crippen LogP contribution in [0.3, 0.4) is 0 Å². The van der Waals surface area contributed by atoms with Crippen molar-refractivity contribution in [2.75, 3.05) is 46.1 Å². The number of guanidine groups is 1. The van der Waals surface area contributed by atoms with Gasteiger partial charge in [-0.2, -0.15) is 13.2 Å². The fourth-order valence-corrected chi connectivity index (χ4v) is 4.92. The molecule has 3 aromatic carbocycles. The van der Waals surface area contributed by atoms with Gasteiger partial charge in [0, 0.05) is 32.7 Å². The molecular weight excluding hydrogens is 767 g/mol. The number of nitrogens with two attached hydrogens (primary N) is 3. The van der Waals surface area contributed by atoms with Crippen LogP contribution < -0.4 is 43.8 Å². The number of carbonyl (C=O) groups is 5. The highest BCUT2D eigenvalue weighted by atomic mass is 19.4. The van der Waals surface area contributed by atoms with Crippen LogP contribution in [0.25, 0.3) is 0 Å². The number of carboxylic acid groups (broad SMARTS) is 1. The van der Waals surface area contributed by atoms with Gasteiger partial charge >= 0.3 is 24.2 Å². The summed E-state index contributed by atoms with van der Waals surface area (Å²) >= 11 is 0. The Hall–Kier alpha value is -6.25. The number of alkyl halides is 3. The molecule has 1 atom stereocenters. The molecule has 58 heavy (non-hydrogen) atoms. The number of aliphatic carboxylic acids is 1. The first-order valence-corrected chi connectivity index (χ1v) is 18.0. The molecule has 0 aliphatic carbocycles. The lowest BCUT2D eigenvalue weighted by Gasteiger charge is -2.23. The minimum Gasteiger partial charge on any atom is -0.475 e. The smallest absolute Gasteiger partial charge is 0.475 e. The van der Waals surface area contributed by atoms with Gasteiger partial charge in [0.25, 0.3) is 0 Å². The summed E-state index contributed by atoms with van der Waals surface area (Å²) in [6.45, 7) is 2.96. The lowest BCUT2D eigenvalue weighted by atomic mass is 9.90. The van der Waals surface area contributed by atoms with E-state index in [-0.39, 0.29) is 50.4 Å². The lowest BCUT2D eigenvalue weighted by molar-refractivity contribution is -0.192. The Kier molecular flexibility index (Phi) is 21.9. The van der Waals surface area contributed by atoms with Crippen LogP contribution >= 0.6 is 0 Å². The number of hydrogen-bond acceptors (Lipinski definition) is 9. The minimum atomic E-state index is -5.08. The molecule has 0 bridgehead atoms. The molecule has 0 aliphatic heterocycles. The molecular formula is C38H50F3N9O8. The number of benzene rings is 3. The maximum absolute atomic E-state index is 13.9. The number of nitrogens with zero attached hydrogens (tertiary/aromatic N) is 1. The third-order valence-corrected chi connectivity index (χ3v) is 7.70. The molecule has 12 N–H and O–H groups in total. The number of urea groups is 2. The van der Waals surface area contributed by atoms with E-state index in [4.69, 9.17) is 36.6 Å². The quantitative estimate of drug-likeness (QED) is 0.0427. The molecule has 17 nitrogen and oxygen atoms in total. The number of carbonyl (C=O) groups excluding carboxylic acids is 4. The molecule has 0 saturated carbocycles. The molecule has 0 fully saturated rings. The van der Waals surface area contributed by atoms with Crippen molar-refractivity contribution >= 4 is 35.8 Å². The van der Waals surface area contributed by atoms with Gasteiger partial charge in [-0.3, -0.25) is 19.9 Å². The zero-order chi connectivity index (χ0) is 42.8. The number of nitrogens with one attached hydrogen (secondary N) is 5. The van der Waals surface area contributed by atoms with E-state index in [0.29, 0.717) is 39.4 Å². The van der Waals surface area contributed by atoms with Gasteiger partial charge in [0.1, 0.15) is 6.04 Å². The first kappa shape index (κ1) is 47.9. The van der Waals surface area contributed by atoms with Crippen LogP contribution in [0.1, 0.15) is 41.0 Å². The third kappa shape index (κ3) is 20.1. The predicted octanol–water partition coefficient (Wildman–Crippen LogP) is 1.81. The van der Waals surface area contributed by atoms with Gasteiger partial charge in [-0.1, -0.05) is 84.9 Å². The van der Waals surface area contributed by atoms with Crippen LogP contribution in [0.2, 0.25) is 0 Å². The monoisotopic (exact) mass is 817 g/mol. The van der Waals surface area contributed by atoms with E-state index in [0.717, 1.165) is 22.3 Å². The van der Waals surface area contributed by atoms with Gasteiger partial charge in [-0.25, -0.2) is 14.4 Å². The topological polar surface area (TPSA) is 275 Å². The fourth-order valence-electron chi connectivity index (χ4n) is 4.92. The Morgan fingerprint density at radius 2 is 1.24 bits per heavy atom. The van der Waals surface area contributed by atoms with E-state index in [9.17, 15) is 32.3 Å². The highest BCUT2D eigenvalue weighted by Gasteiger charge is 2.38. The molecule has 0 radical (unpaired) electrons. The van der Waals surface area contributed by atoms with Crippen molar-refractivity contribution in [3.05, 3.63) is 107 Å². The molecule has 3 aromatic rings. The highest BCUT2D eigenvalue weighted by molar-refractivity contribution is 5.95. The van der Waals surface area contributed by atoms with E-state index in [1.807, 2.05) is 84.9 Å². The van der Waals surface area contributed by atoms with E-state index < -0.39 is 36.2 Å². The fraction of sp³-hybridized carbons (Fsp3) is 0.368. The number of rotatable bonds is 21. The van der Waals surface area contributed by atoms with Crippen LogP contribution in [-0.4, -0.2) is 99.2 Å². The molecule has 0 saturated heterocycles. The van der Waals surface area contributed by atoms with Crippen molar-refractivity contribution in [3.63, 3.8) is 0 Å². The van der Waals surface area contributed by atoms with Crippen molar-refractivity contribution in [1.82, 2.24) is 26.6 Å². The number of aliphatic imine (C=N–C) groups is 1. The Morgan fingerprint density at radius 1 is 0.724 bits per heavy atom. The van der Waals surface area contributed by atoms with Gasteiger partial charge in [0.15, 0.2) is 5.96 Å². The van der Waals surface area contributed by atoms with E-state index in [1.165, 1.54) is 0 Å². The van der Waals surface area contributed by atoms with Gasteiger partial charge in [-0.05, 0) is 35.1 Å². The Labute approximate surface area is 333 Å². The molecule has 316 valence electrons. The van der Waals surface area contributed by atoms with Crippen LogP contribution in [-0.2, 0) is 36.9 Å². The normalized spacial score (nSPS) is 11.7. The summed E-state index contributed by atoms with van der Waals surface area (Å²) in [6.07, 6.45) is -4.45. The van der Waals surface area contributed by atoms with E-state index in [2.05, 4.69) is 31.6 Å². The van der Waals surface area contributed by atoms with Crippen molar-refractivity contribution in [2.24, 2.45) is 22.2 Å². The third-order valence-electron chi connectivity index (χ3n) is 7.70. The highest BCUT2D eigenvalue weighted by Crippen LogP contribution is 2.25. The largest absolute Gasteiger partial charge is 0.490 e. The van der Waals surface area contributed by atoms with E-state index in [1.54, 1.807) is 0 Å². The van der Waals surface area contributed by atoms with Crippen LogP contribution in [0.4, 0.5) is 22.8 Å². The van der Waals surface area contributed by atoms with Gasteiger partial charge in [0.05, 0.1) is 32.3 Å². The first-order chi connectivity index (χ1) is 27.7. The SMILES string of the molecule is NCCOCCOCCNC(=O)NC(N)=NCCC[C@@H](NC(=O)C(c1ccccc1)c1ccccc1)C(=O)NCc1ccc(CNC(N)=O)cc1.O=C(O)C(F)(F)F. The van der Waals surface area contributed by atoms with Crippen molar-refractivity contribution in [3.8, 4) is 0 Å². The summed E-state index contributed by atoms with van der Waals surface area (Å²) in [5.74, 6) is -4.18. The number of hydrogen-bond donors (Lipinski definition) is 9. The molecule has 0 aromatic heterocycles. The Bertz CT molecular complexity index is 1700. The summed E-state index contributed by atoms with van der Waals surface area (Å²) in [7, 11) is 0. The molecule has 3 rings (SSSR count). The van der Waals surface area contributed by atoms with Gasteiger partial charge in [0.2, 0.25) is 11.8 Å². The zero-order valence-corrected chi connectivity index (χ0v) is 31.6. The summed E-state index contributed by atoms with van der Waals surface area (Å²) < 4.78 is 42.3. The first-order valence-electron chi connectivity index (χ1n) is 18.0. The van der Waals surface area contributed by atoms with Gasteiger partial charge in [-0.15, -0.1) is 0 Å². The number of carboxylic acids is 1. The number of ether oxygens (including phenoxy) is 2. The van der Waals surface area contributed by atoms with Crippen LogP contribution in [0.5, 0.6) is 0 Å². The molecule has 0 heterocycles. The number of primary amides is 1. The standard InChI is InChI=1S/C36H49N9O6.C2HF3O2/c37-17-20-50-22-23-51-21-19-41-36(49)45-34(38)40-18-7-12-30(32(46)42-24-26-13-15-27(16-14-26)25-43-35(39)48)44-33(47)31(28-8-3-1-4-9-28)29-10-5-2-6-11-29;3-2(4,5)1(6)7/h1-6,8-11,13-16,30-31H,7,12,17-25,37H2,(H,42,46)(H,44,47)(H3,39,43,48)(H4,38,40,41,45,49);(H,6,7)/t30-;/m1./s1. The van der Waals surface area contributed by atoms with Gasteiger partial charge < -0.3 is 53.0 Å². The Morgan fingerprint density at radius 3 is 1.74 bits per heavy atom. The lowest BCUT2D eigenvalue weighted by Crippen LogP contribution is -2.48. The summed E-state index contributed by atoms with van der Waals surface area (Å²) in [5, 5.41) is 20.6. The average Bonchev–Trinajstić information content (AvgIpc) is 3.19. The van der Waals surface area contributed by atoms with Crippen molar-refractivity contribution < 1.29 is 51.7 Å². The maximum Gasteiger partial charge on any atom is 0.490 e. The molecule has 6 amide bonds. The Balaban J connectivity index is 0.00000151. The van der Waals surface area contributed by atoms with E-state index >= 15 is 0 Å². The number of halogens is 3. The predicted molar refractivity (Wildman–Crippen MR) is 208 cm³/mol. The second kappa shape index (κ2) is 26.6. The molecule has 0 unspecified atom stereocenters. The summed E-state index contributed by atoms with van der Waals surface area (Å²) in [6, 6.07) is 24.0. The second-order valence-corrected chi connectivity index (χ2v) is 12.2. The average molecular weight is 818 g/mol. The molecule has 0 aliphatic rings. The minimum absolute atomic E-state index is 0.0867. The van der Waals surface area contributed by atoms with Crippen molar-refractivity contribution in [1.29, 1.82) is 0 Å². The van der Waals surface area contributed by atoms with Crippen LogP contribution in [0.15, 0.2) is 89.9 Å². The molecule has 0 spiro atoms. The number of amides is 6. The summed E-state index contributed by atoms with van der Waals surface area (Å²) in [4.78, 5) is 63.7. The van der Waals surface area contributed by atoms with Crippen LogP contribution in [0, 0.1) is 0 Å². The molecule has 20 heteroatoms. The summed E-state index contributed by atoms with van der Waals surface area (Å²) in [5.41, 5.74) is 19.7. The second-order valence-electron chi connectivity index (χ2n) is 12.2. The van der Waals surface area contributed by atoms with Crippen molar-refractivity contribution in [2.45, 2.75) is 44.1 Å².